The molecule has 0 amide bonds. The average molecular weight is 402 g/mol. The number of pyridine rings is 1. The minimum Gasteiger partial charge on any atom is -1.00 e. The average Bonchev–Trinajstić information content (AvgIpc) is 2.67. The number of benzene rings is 2. The predicted molar refractivity (Wildman–Crippen MR) is 101 cm³/mol. The lowest BCUT2D eigenvalue weighted by atomic mass is 9.94. The Bertz CT molecular complexity index is 1010. The molecule has 3 aromatic rings. The fourth-order valence-corrected chi connectivity index (χ4v) is 2.93. The predicted octanol–water partition coefficient (Wildman–Crippen LogP) is 0.926. The van der Waals surface area contributed by atoms with Gasteiger partial charge < -0.3 is 21.9 Å². The number of rotatable bonds is 6. The number of ether oxygens (including phenoxy) is 2. The zero-order valence-corrected chi connectivity index (χ0v) is 16.1. The van der Waals surface area contributed by atoms with Crippen molar-refractivity contribution in [1.82, 2.24) is 4.98 Å². The van der Waals surface area contributed by atoms with E-state index in [4.69, 9.17) is 9.47 Å². The van der Waals surface area contributed by atoms with Crippen molar-refractivity contribution in [3.63, 3.8) is 0 Å². The fourth-order valence-electron chi connectivity index (χ4n) is 2.93. The van der Waals surface area contributed by atoms with Crippen LogP contribution in [0.1, 0.15) is 16.1 Å². The van der Waals surface area contributed by atoms with Crippen LogP contribution >= 0.6 is 0 Å². The largest absolute Gasteiger partial charge is 1.00 e. The van der Waals surface area contributed by atoms with Gasteiger partial charge in [-0.1, -0.05) is 30.3 Å². The number of nitro benzene ring substituents is 1. The van der Waals surface area contributed by atoms with Crippen LogP contribution in [0.2, 0.25) is 0 Å². The number of fused-ring (bicyclic) bond motifs is 1. The van der Waals surface area contributed by atoms with Gasteiger partial charge >= 0.3 is 5.97 Å². The summed E-state index contributed by atoms with van der Waals surface area (Å²) in [5.41, 5.74) is 2.63. The van der Waals surface area contributed by atoms with Gasteiger partial charge in [-0.25, -0.2) is 4.79 Å². The summed E-state index contributed by atoms with van der Waals surface area (Å²) in [6, 6.07) is 13.7. The van der Waals surface area contributed by atoms with E-state index in [0.717, 1.165) is 5.56 Å². The van der Waals surface area contributed by atoms with Crippen molar-refractivity contribution in [1.29, 1.82) is 0 Å². The summed E-state index contributed by atoms with van der Waals surface area (Å²) in [7, 11) is 1.52. The molecule has 0 spiro atoms. The van der Waals surface area contributed by atoms with Crippen LogP contribution in [0.15, 0.2) is 48.5 Å². The van der Waals surface area contributed by atoms with E-state index in [9.17, 15) is 14.9 Å². The third-order valence-corrected chi connectivity index (χ3v) is 4.15. The lowest BCUT2D eigenvalue weighted by Gasteiger charge is -2.15. The SMILES string of the molecule is COCCOC(=O)c1c(C)nc2ccc([N+](=O)[O-])cc2c1-c1ccccc1.[Cl-]. The highest BCUT2D eigenvalue weighted by Gasteiger charge is 2.23. The van der Waals surface area contributed by atoms with Crippen molar-refractivity contribution >= 4 is 22.6 Å². The van der Waals surface area contributed by atoms with Gasteiger partial charge in [-0.3, -0.25) is 15.1 Å². The molecule has 0 atom stereocenters. The highest BCUT2D eigenvalue weighted by Crippen LogP contribution is 2.35. The molecule has 0 aliphatic heterocycles. The zero-order chi connectivity index (χ0) is 19.4. The van der Waals surface area contributed by atoms with Crippen LogP contribution in [0.4, 0.5) is 5.69 Å². The van der Waals surface area contributed by atoms with Crippen molar-refractivity contribution < 1.29 is 31.6 Å². The number of non-ortho nitro benzene ring substituents is 1. The Labute approximate surface area is 167 Å². The second-order valence-electron chi connectivity index (χ2n) is 5.90. The van der Waals surface area contributed by atoms with Gasteiger partial charge in [0, 0.05) is 30.2 Å². The van der Waals surface area contributed by atoms with E-state index in [1.165, 1.54) is 19.2 Å². The van der Waals surface area contributed by atoms with Crippen LogP contribution in [-0.4, -0.2) is 36.2 Å². The Kier molecular flexibility index (Phi) is 7.03. The van der Waals surface area contributed by atoms with Gasteiger partial charge in [-0.05, 0) is 18.6 Å². The number of esters is 1. The second-order valence-corrected chi connectivity index (χ2v) is 5.90. The molecule has 28 heavy (non-hydrogen) atoms. The summed E-state index contributed by atoms with van der Waals surface area (Å²) in [6.45, 7) is 2.11. The van der Waals surface area contributed by atoms with E-state index >= 15 is 0 Å². The molecule has 0 radical (unpaired) electrons. The quantitative estimate of drug-likeness (QED) is 0.264. The molecule has 146 valence electrons. The highest BCUT2D eigenvalue weighted by molar-refractivity contribution is 6.08. The number of methoxy groups -OCH3 is 1. The van der Waals surface area contributed by atoms with Crippen molar-refractivity contribution in [3.8, 4) is 11.1 Å². The molecule has 8 heteroatoms. The number of hydrogen-bond acceptors (Lipinski definition) is 6. The molecule has 3 rings (SSSR count). The van der Waals surface area contributed by atoms with Crippen LogP contribution in [0.3, 0.4) is 0 Å². The molecular weight excluding hydrogens is 384 g/mol. The van der Waals surface area contributed by atoms with Crippen LogP contribution in [-0.2, 0) is 9.47 Å². The summed E-state index contributed by atoms with van der Waals surface area (Å²) >= 11 is 0. The van der Waals surface area contributed by atoms with Gasteiger partial charge in [0.15, 0.2) is 0 Å². The number of aryl methyl sites for hydroxylation is 1. The molecule has 0 saturated carbocycles. The number of nitrogens with zero attached hydrogens (tertiary/aromatic N) is 2. The fraction of sp³-hybridized carbons (Fsp3) is 0.200. The topological polar surface area (TPSA) is 91.6 Å². The van der Waals surface area contributed by atoms with Gasteiger partial charge in [0.2, 0.25) is 0 Å². The van der Waals surface area contributed by atoms with Crippen molar-refractivity contribution in [3.05, 3.63) is 69.9 Å². The number of nitro groups is 1. The van der Waals surface area contributed by atoms with E-state index in [1.54, 1.807) is 13.0 Å². The Hall–Kier alpha value is -3.03. The van der Waals surface area contributed by atoms with Crippen molar-refractivity contribution in [2.24, 2.45) is 0 Å². The smallest absolute Gasteiger partial charge is 0.340 e. The Morgan fingerprint density at radius 2 is 1.86 bits per heavy atom. The van der Waals surface area contributed by atoms with Gasteiger partial charge in [-0.15, -0.1) is 0 Å². The molecular formula is C20H18ClN2O5-. The monoisotopic (exact) mass is 401 g/mol. The van der Waals surface area contributed by atoms with E-state index in [0.29, 0.717) is 27.7 Å². The first kappa shape index (κ1) is 21.3. The summed E-state index contributed by atoms with van der Waals surface area (Å²) in [4.78, 5) is 28.0. The van der Waals surface area contributed by atoms with E-state index in [1.807, 2.05) is 30.3 Å². The first-order valence-electron chi connectivity index (χ1n) is 8.33. The molecule has 0 N–H and O–H groups in total. The molecule has 0 aliphatic rings. The maximum atomic E-state index is 12.7. The summed E-state index contributed by atoms with van der Waals surface area (Å²) < 4.78 is 10.2. The van der Waals surface area contributed by atoms with Crippen LogP contribution in [0, 0.1) is 17.0 Å². The normalized spacial score (nSPS) is 10.4. The third-order valence-electron chi connectivity index (χ3n) is 4.15. The Balaban J connectivity index is 0.00000280. The molecule has 0 bridgehead atoms. The number of aromatic nitrogens is 1. The Morgan fingerprint density at radius 1 is 1.14 bits per heavy atom. The third kappa shape index (κ3) is 4.27. The molecule has 7 nitrogen and oxygen atoms in total. The van der Waals surface area contributed by atoms with E-state index in [-0.39, 0.29) is 31.3 Å². The maximum absolute atomic E-state index is 12.7. The number of carbonyl (C=O) groups excluding carboxylic acids is 1. The van der Waals surface area contributed by atoms with Gasteiger partial charge in [0.05, 0.1) is 28.3 Å². The standard InChI is InChI=1S/C20H18N2O5.ClH/c1-13-18(20(23)27-11-10-26-2)19(14-6-4-3-5-7-14)16-12-15(22(24)25)8-9-17(16)21-13;/h3-9,12H,10-11H2,1-2H3;1H/p-1. The molecule has 0 saturated heterocycles. The molecule has 1 aromatic heterocycles. The molecule has 1 heterocycles. The lowest BCUT2D eigenvalue weighted by molar-refractivity contribution is -0.384. The van der Waals surface area contributed by atoms with Crippen LogP contribution in [0.5, 0.6) is 0 Å². The number of halogens is 1. The lowest BCUT2D eigenvalue weighted by Crippen LogP contribution is -3.00. The molecule has 0 fully saturated rings. The first-order valence-corrected chi connectivity index (χ1v) is 8.33. The Morgan fingerprint density at radius 3 is 2.50 bits per heavy atom. The highest BCUT2D eigenvalue weighted by atomic mass is 35.5. The molecule has 0 unspecified atom stereocenters. The minimum atomic E-state index is -0.538. The van der Waals surface area contributed by atoms with Gasteiger partial charge in [0.25, 0.3) is 5.69 Å². The molecule has 0 aliphatic carbocycles. The van der Waals surface area contributed by atoms with Crippen LogP contribution in [0.25, 0.3) is 22.0 Å². The van der Waals surface area contributed by atoms with Gasteiger partial charge in [0.1, 0.15) is 6.61 Å². The maximum Gasteiger partial charge on any atom is 0.340 e. The van der Waals surface area contributed by atoms with Gasteiger partial charge in [-0.2, -0.15) is 0 Å². The van der Waals surface area contributed by atoms with Crippen molar-refractivity contribution in [2.75, 3.05) is 20.3 Å². The summed E-state index contributed by atoms with van der Waals surface area (Å²) in [6.07, 6.45) is 0. The number of carbonyl (C=O) groups is 1. The molecule has 2 aromatic carbocycles. The van der Waals surface area contributed by atoms with E-state index in [2.05, 4.69) is 4.98 Å². The summed E-state index contributed by atoms with van der Waals surface area (Å²) in [5.74, 6) is -0.538. The second kappa shape index (κ2) is 9.25. The van der Waals surface area contributed by atoms with E-state index < -0.39 is 10.9 Å². The van der Waals surface area contributed by atoms with Crippen LogP contribution < -0.4 is 12.4 Å². The number of hydrogen-bond donors (Lipinski definition) is 0. The summed E-state index contributed by atoms with van der Waals surface area (Å²) in [5, 5.41) is 11.8. The first-order chi connectivity index (χ1) is 13.0. The van der Waals surface area contributed by atoms with Crippen molar-refractivity contribution in [2.45, 2.75) is 6.92 Å². The zero-order valence-electron chi connectivity index (χ0n) is 15.3. The minimum absolute atomic E-state index is 0.